The molecule has 17 heavy (non-hydrogen) atoms. The molecule has 1 saturated heterocycles. The Morgan fingerprint density at radius 1 is 1.41 bits per heavy atom. The summed E-state index contributed by atoms with van der Waals surface area (Å²) < 4.78 is 5.21. The largest absolute Gasteiger partial charge is 0.497 e. The van der Waals surface area contributed by atoms with E-state index in [0.29, 0.717) is 13.1 Å². The van der Waals surface area contributed by atoms with Crippen LogP contribution >= 0.6 is 0 Å². The molecule has 0 unspecified atom stereocenters. The molecule has 1 aromatic carbocycles. The zero-order valence-corrected chi connectivity index (χ0v) is 10.5. The molecule has 0 bridgehead atoms. The molecule has 1 heterocycles. The molecule has 0 atom stereocenters. The van der Waals surface area contributed by atoms with Gasteiger partial charge >= 0.3 is 0 Å². The predicted octanol–water partition coefficient (Wildman–Crippen LogP) is 1.41. The highest BCUT2D eigenvalue weighted by Crippen LogP contribution is 2.28. The van der Waals surface area contributed by atoms with Crippen LogP contribution in [-0.2, 0) is 4.79 Å². The molecule has 2 rings (SSSR count). The molecule has 1 N–H and O–H groups in total. The van der Waals surface area contributed by atoms with Crippen LogP contribution in [0.2, 0.25) is 0 Å². The molecule has 1 aliphatic heterocycles. The predicted molar refractivity (Wildman–Crippen MR) is 67.4 cm³/mol. The van der Waals surface area contributed by atoms with Gasteiger partial charge in [-0.05, 0) is 26.0 Å². The van der Waals surface area contributed by atoms with Crippen molar-refractivity contribution in [3.8, 4) is 5.75 Å². The first-order valence-electron chi connectivity index (χ1n) is 5.71. The number of ether oxygens (including phenoxy) is 1. The summed E-state index contributed by atoms with van der Waals surface area (Å²) in [6, 6.07) is 7.81. The average Bonchev–Trinajstić information content (AvgIpc) is 2.32. The Hall–Kier alpha value is -1.71. The minimum atomic E-state index is -0.0831. The van der Waals surface area contributed by atoms with Crippen LogP contribution in [0.3, 0.4) is 0 Å². The average molecular weight is 234 g/mol. The number of piperazine rings is 1. The molecule has 0 aromatic heterocycles. The van der Waals surface area contributed by atoms with Crippen molar-refractivity contribution >= 4 is 11.6 Å². The Labute approximate surface area is 102 Å². The molecule has 1 aliphatic rings. The summed E-state index contributed by atoms with van der Waals surface area (Å²) >= 11 is 0. The van der Waals surface area contributed by atoms with Crippen molar-refractivity contribution in [3.05, 3.63) is 24.3 Å². The third kappa shape index (κ3) is 2.35. The first-order valence-corrected chi connectivity index (χ1v) is 5.71. The van der Waals surface area contributed by atoms with Crippen LogP contribution in [-0.4, -0.2) is 31.6 Å². The number of hydrogen-bond acceptors (Lipinski definition) is 3. The van der Waals surface area contributed by atoms with Gasteiger partial charge in [0, 0.05) is 18.3 Å². The summed E-state index contributed by atoms with van der Waals surface area (Å²) in [6.07, 6.45) is 0. The van der Waals surface area contributed by atoms with E-state index in [1.165, 1.54) is 0 Å². The molecule has 1 fully saturated rings. The lowest BCUT2D eigenvalue weighted by atomic mass is 9.99. The van der Waals surface area contributed by atoms with Crippen LogP contribution in [0.5, 0.6) is 5.75 Å². The summed E-state index contributed by atoms with van der Waals surface area (Å²) in [4.78, 5) is 13.6. The molecule has 0 saturated carbocycles. The first kappa shape index (κ1) is 11.8. The number of nitrogens with zero attached hydrogens (tertiary/aromatic N) is 1. The highest BCUT2D eigenvalue weighted by atomic mass is 16.5. The van der Waals surface area contributed by atoms with Gasteiger partial charge in [0.25, 0.3) is 0 Å². The van der Waals surface area contributed by atoms with E-state index in [4.69, 9.17) is 4.74 Å². The first-order chi connectivity index (χ1) is 8.03. The van der Waals surface area contributed by atoms with Gasteiger partial charge < -0.3 is 15.0 Å². The molecular weight excluding hydrogens is 216 g/mol. The zero-order chi connectivity index (χ0) is 12.5. The van der Waals surface area contributed by atoms with Gasteiger partial charge in [-0.1, -0.05) is 6.07 Å². The second-order valence-electron chi connectivity index (χ2n) is 4.88. The Bertz CT molecular complexity index is 429. The molecule has 92 valence electrons. The SMILES string of the molecule is COc1cccc(N2CC(=O)NCC2(C)C)c1. The number of benzene rings is 1. The Balaban J connectivity index is 2.32. The van der Waals surface area contributed by atoms with Crippen LogP contribution in [0, 0.1) is 0 Å². The normalized spacial score (nSPS) is 18.8. The van der Waals surface area contributed by atoms with E-state index in [0.717, 1.165) is 11.4 Å². The second kappa shape index (κ2) is 4.28. The number of anilines is 1. The molecule has 0 radical (unpaired) electrons. The number of amides is 1. The summed E-state index contributed by atoms with van der Waals surface area (Å²) in [5.74, 6) is 0.872. The Kier molecular flexibility index (Phi) is 2.96. The monoisotopic (exact) mass is 234 g/mol. The van der Waals surface area contributed by atoms with Crippen LogP contribution in [0.1, 0.15) is 13.8 Å². The van der Waals surface area contributed by atoms with Gasteiger partial charge in [0.15, 0.2) is 0 Å². The van der Waals surface area contributed by atoms with Crippen LogP contribution in [0.4, 0.5) is 5.69 Å². The second-order valence-corrected chi connectivity index (χ2v) is 4.88. The lowest BCUT2D eigenvalue weighted by Gasteiger charge is -2.43. The maximum absolute atomic E-state index is 11.5. The molecule has 4 nitrogen and oxygen atoms in total. The maximum Gasteiger partial charge on any atom is 0.239 e. The van der Waals surface area contributed by atoms with E-state index in [2.05, 4.69) is 24.1 Å². The van der Waals surface area contributed by atoms with Gasteiger partial charge in [0.05, 0.1) is 19.2 Å². The number of carbonyl (C=O) groups is 1. The van der Waals surface area contributed by atoms with Gasteiger partial charge in [0.2, 0.25) is 5.91 Å². The molecular formula is C13H18N2O2. The minimum absolute atomic E-state index is 0.0622. The molecule has 0 spiro atoms. The zero-order valence-electron chi connectivity index (χ0n) is 10.5. The summed E-state index contributed by atoms with van der Waals surface area (Å²) in [5, 5.41) is 2.89. The van der Waals surface area contributed by atoms with Gasteiger partial charge in [-0.25, -0.2) is 0 Å². The third-order valence-corrected chi connectivity index (χ3v) is 3.12. The fourth-order valence-corrected chi connectivity index (χ4v) is 2.04. The number of methoxy groups -OCH3 is 1. The van der Waals surface area contributed by atoms with Crippen molar-refractivity contribution in [2.75, 3.05) is 25.1 Å². The van der Waals surface area contributed by atoms with E-state index in [-0.39, 0.29) is 11.4 Å². The fraction of sp³-hybridized carbons (Fsp3) is 0.462. The van der Waals surface area contributed by atoms with E-state index in [1.54, 1.807) is 7.11 Å². The van der Waals surface area contributed by atoms with Crippen LogP contribution in [0.15, 0.2) is 24.3 Å². The third-order valence-electron chi connectivity index (χ3n) is 3.12. The van der Waals surface area contributed by atoms with Crippen LogP contribution in [0.25, 0.3) is 0 Å². The molecule has 0 aliphatic carbocycles. The summed E-state index contributed by atoms with van der Waals surface area (Å²) in [7, 11) is 1.65. The van der Waals surface area contributed by atoms with Crippen molar-refractivity contribution in [1.29, 1.82) is 0 Å². The van der Waals surface area contributed by atoms with E-state index in [9.17, 15) is 4.79 Å². The van der Waals surface area contributed by atoms with Gasteiger partial charge in [-0.3, -0.25) is 4.79 Å². The van der Waals surface area contributed by atoms with Crippen molar-refractivity contribution in [3.63, 3.8) is 0 Å². The van der Waals surface area contributed by atoms with Gasteiger partial charge in [0.1, 0.15) is 5.75 Å². The van der Waals surface area contributed by atoms with Crippen molar-refractivity contribution in [1.82, 2.24) is 5.32 Å². The Morgan fingerprint density at radius 2 is 2.18 bits per heavy atom. The van der Waals surface area contributed by atoms with Gasteiger partial charge in [-0.2, -0.15) is 0 Å². The number of rotatable bonds is 2. The highest BCUT2D eigenvalue weighted by molar-refractivity contribution is 5.83. The van der Waals surface area contributed by atoms with E-state index < -0.39 is 0 Å². The number of nitrogens with one attached hydrogen (secondary N) is 1. The maximum atomic E-state index is 11.5. The smallest absolute Gasteiger partial charge is 0.239 e. The van der Waals surface area contributed by atoms with Crippen LogP contribution < -0.4 is 15.0 Å². The number of carbonyl (C=O) groups excluding carboxylic acids is 1. The summed E-state index contributed by atoms with van der Waals surface area (Å²) in [5.41, 5.74) is 0.935. The highest BCUT2D eigenvalue weighted by Gasteiger charge is 2.33. The lowest BCUT2D eigenvalue weighted by Crippen LogP contribution is -2.60. The van der Waals surface area contributed by atoms with Crippen molar-refractivity contribution < 1.29 is 9.53 Å². The Morgan fingerprint density at radius 3 is 2.88 bits per heavy atom. The van der Waals surface area contributed by atoms with Crippen molar-refractivity contribution in [2.24, 2.45) is 0 Å². The standard InChI is InChI=1S/C13H18N2O2/c1-13(2)9-14-12(16)8-15(13)10-5-4-6-11(7-10)17-3/h4-7H,8-9H2,1-3H3,(H,14,16). The molecule has 1 aromatic rings. The number of hydrogen-bond donors (Lipinski definition) is 1. The fourth-order valence-electron chi connectivity index (χ4n) is 2.04. The minimum Gasteiger partial charge on any atom is -0.497 e. The van der Waals surface area contributed by atoms with E-state index in [1.807, 2.05) is 24.3 Å². The molecule has 1 amide bonds. The van der Waals surface area contributed by atoms with Crippen molar-refractivity contribution in [2.45, 2.75) is 19.4 Å². The molecule has 4 heteroatoms. The van der Waals surface area contributed by atoms with E-state index >= 15 is 0 Å². The van der Waals surface area contributed by atoms with Gasteiger partial charge in [-0.15, -0.1) is 0 Å². The lowest BCUT2D eigenvalue weighted by molar-refractivity contribution is -0.121. The topological polar surface area (TPSA) is 41.6 Å². The summed E-state index contributed by atoms with van der Waals surface area (Å²) in [6.45, 7) is 5.28. The quantitative estimate of drug-likeness (QED) is 0.841.